The molecule has 0 saturated heterocycles. The summed E-state index contributed by atoms with van der Waals surface area (Å²) in [5, 5.41) is 0. The number of hydrogen-bond donors (Lipinski definition) is 0. The van der Waals surface area contributed by atoms with E-state index in [0.29, 0.717) is 0 Å². The molecule has 0 N–H and O–H groups in total. The van der Waals surface area contributed by atoms with Crippen LogP contribution in [0.2, 0.25) is 0 Å². The van der Waals surface area contributed by atoms with Crippen LogP contribution in [0.1, 0.15) is 0 Å². The van der Waals surface area contributed by atoms with Crippen LogP contribution in [0, 0.1) is 0 Å². The highest BCUT2D eigenvalue weighted by atomic mass is 35.5. The van der Waals surface area contributed by atoms with Gasteiger partial charge >= 0.3 is 0 Å². The van der Waals surface area contributed by atoms with E-state index in [4.69, 9.17) is 0 Å². The normalized spacial score (nSPS) is 9.88. The van der Waals surface area contributed by atoms with Crippen LogP contribution in [0.5, 0.6) is 0 Å². The number of hydrogen-bond acceptors (Lipinski definition) is 0. The van der Waals surface area contributed by atoms with Crippen molar-refractivity contribution in [3.8, 4) is 0 Å². The maximum Gasteiger partial charge on any atom is 0.0762 e. The molecule has 0 unspecified atom stereocenters. The van der Waals surface area contributed by atoms with Crippen molar-refractivity contribution < 1.29 is 12.4 Å². The lowest BCUT2D eigenvalue weighted by Gasteiger charge is -2.06. The second-order valence-electron chi connectivity index (χ2n) is 2.76. The van der Waals surface area contributed by atoms with Crippen LogP contribution in [0.3, 0.4) is 0 Å². The minimum absolute atomic E-state index is 0. The molecule has 50 valence electrons. The van der Waals surface area contributed by atoms with Gasteiger partial charge in [0, 0.05) is 27.3 Å². The van der Waals surface area contributed by atoms with Crippen molar-refractivity contribution in [2.24, 2.45) is 0 Å². The summed E-state index contributed by atoms with van der Waals surface area (Å²) in [6.07, 6.45) is 3.22. The highest BCUT2D eigenvalue weighted by Crippen LogP contribution is 2.45. The number of allylic oxidation sites excluding steroid dienone is 1. The van der Waals surface area contributed by atoms with Gasteiger partial charge in [-0.15, -0.1) is 0 Å². The average molecular weight is 153 g/mol. The van der Waals surface area contributed by atoms with Gasteiger partial charge in [-0.05, 0) is 0 Å². The molecule has 0 aliphatic rings. The molecule has 0 atom stereocenters. The average Bonchev–Trinajstić information content (AvgIpc) is 1.30. The van der Waals surface area contributed by atoms with Crippen molar-refractivity contribution in [1.82, 2.24) is 0 Å². The Morgan fingerprint density at radius 1 is 1.38 bits per heavy atom. The second-order valence-corrected chi connectivity index (χ2v) is 7.71. The van der Waals surface area contributed by atoms with Crippen LogP contribution in [0.4, 0.5) is 0 Å². The quantitative estimate of drug-likeness (QED) is 0.355. The molecule has 0 radical (unpaired) electrons. The van der Waals surface area contributed by atoms with Gasteiger partial charge in [0.2, 0.25) is 0 Å². The second kappa shape index (κ2) is 4.35. The predicted molar refractivity (Wildman–Crippen MR) is 39.8 cm³/mol. The summed E-state index contributed by atoms with van der Waals surface area (Å²) in [6, 6.07) is 0. The first kappa shape index (κ1) is 11.3. The molecule has 0 nitrogen and oxygen atoms in total. The number of halogens is 1. The highest BCUT2D eigenvalue weighted by Gasteiger charge is 2.12. The van der Waals surface area contributed by atoms with Crippen molar-refractivity contribution in [3.63, 3.8) is 0 Å². The van der Waals surface area contributed by atoms with Gasteiger partial charge < -0.3 is 12.4 Å². The SMILES string of the molecule is C=CC[P+](C)(C)C.[Cl-]. The van der Waals surface area contributed by atoms with Gasteiger partial charge in [-0.1, -0.05) is 12.7 Å². The first-order valence-electron chi connectivity index (χ1n) is 2.47. The van der Waals surface area contributed by atoms with E-state index in [1.54, 1.807) is 0 Å². The standard InChI is InChI=1S/C6H14P.ClH/c1-5-6-7(2,3)4;/h5H,1,6H2,2-4H3;1H/q+1;/p-1. The topological polar surface area (TPSA) is 0 Å². The third-order valence-corrected chi connectivity index (χ3v) is 2.03. The molecule has 8 heavy (non-hydrogen) atoms. The summed E-state index contributed by atoms with van der Waals surface area (Å²) in [7, 11) is -0.534. The van der Waals surface area contributed by atoms with Crippen LogP contribution < -0.4 is 12.4 Å². The monoisotopic (exact) mass is 152 g/mol. The van der Waals surface area contributed by atoms with Gasteiger partial charge in [-0.3, -0.25) is 0 Å². The lowest BCUT2D eigenvalue weighted by molar-refractivity contribution is -0.00000183. The maximum atomic E-state index is 3.67. The molecule has 0 aromatic carbocycles. The van der Waals surface area contributed by atoms with Crippen LogP contribution >= 0.6 is 7.26 Å². The van der Waals surface area contributed by atoms with Crippen LogP contribution in [-0.4, -0.2) is 26.2 Å². The predicted octanol–water partition coefficient (Wildman–Crippen LogP) is -0.917. The zero-order valence-corrected chi connectivity index (χ0v) is 7.47. The van der Waals surface area contributed by atoms with E-state index in [9.17, 15) is 0 Å². The molecule has 0 aliphatic heterocycles. The molecule has 0 fully saturated rings. The molecule has 0 rings (SSSR count). The lowest BCUT2D eigenvalue weighted by atomic mass is 10.8. The molecule has 0 heterocycles. The third-order valence-electron chi connectivity index (χ3n) is 0.677. The van der Waals surface area contributed by atoms with E-state index in [0.717, 1.165) is 0 Å². The zero-order chi connectivity index (χ0) is 5.91. The Bertz CT molecular complexity index is 63.4. The van der Waals surface area contributed by atoms with Gasteiger partial charge in [-0.25, -0.2) is 0 Å². The van der Waals surface area contributed by atoms with Crippen LogP contribution in [-0.2, 0) is 0 Å². The molecule has 0 bridgehead atoms. The zero-order valence-electron chi connectivity index (χ0n) is 5.82. The summed E-state index contributed by atoms with van der Waals surface area (Å²) in [6.45, 7) is 10.6. The minimum Gasteiger partial charge on any atom is -1.00 e. The molecule has 0 spiro atoms. The summed E-state index contributed by atoms with van der Waals surface area (Å²) < 4.78 is 0. The largest absolute Gasteiger partial charge is 1.00 e. The van der Waals surface area contributed by atoms with E-state index in [1.807, 2.05) is 6.08 Å². The fourth-order valence-corrected chi connectivity index (χ4v) is 1.16. The number of rotatable bonds is 2. The molecule has 2 heteroatoms. The Kier molecular flexibility index (Phi) is 6.13. The first-order valence-corrected chi connectivity index (χ1v) is 5.79. The third kappa shape index (κ3) is 9.68. The highest BCUT2D eigenvalue weighted by molar-refractivity contribution is 7.73. The molecule has 0 aromatic heterocycles. The molecular formula is C6H14ClP. The van der Waals surface area contributed by atoms with Crippen LogP contribution in [0.25, 0.3) is 0 Å². The van der Waals surface area contributed by atoms with Gasteiger partial charge in [-0.2, -0.15) is 0 Å². The molecule has 0 amide bonds. The van der Waals surface area contributed by atoms with Crippen LogP contribution in [0.15, 0.2) is 12.7 Å². The summed E-state index contributed by atoms with van der Waals surface area (Å²) in [4.78, 5) is 0. The Balaban J connectivity index is 0. The van der Waals surface area contributed by atoms with Gasteiger partial charge in [0.1, 0.15) is 0 Å². The van der Waals surface area contributed by atoms with E-state index in [2.05, 4.69) is 26.6 Å². The molecule has 0 aliphatic carbocycles. The fourth-order valence-electron chi connectivity index (χ4n) is 0.387. The fraction of sp³-hybridized carbons (Fsp3) is 0.667. The van der Waals surface area contributed by atoms with Gasteiger partial charge in [0.15, 0.2) is 0 Å². The van der Waals surface area contributed by atoms with E-state index in [-0.39, 0.29) is 12.4 Å². The van der Waals surface area contributed by atoms with Crippen molar-refractivity contribution in [2.45, 2.75) is 0 Å². The Labute approximate surface area is 59.1 Å². The van der Waals surface area contributed by atoms with Gasteiger partial charge in [0.25, 0.3) is 0 Å². The Morgan fingerprint density at radius 3 is 1.75 bits per heavy atom. The molecule has 0 aromatic rings. The summed E-state index contributed by atoms with van der Waals surface area (Å²) >= 11 is 0. The van der Waals surface area contributed by atoms with Crippen molar-refractivity contribution in [3.05, 3.63) is 12.7 Å². The smallest absolute Gasteiger partial charge is 0.0762 e. The van der Waals surface area contributed by atoms with E-state index < -0.39 is 7.26 Å². The lowest BCUT2D eigenvalue weighted by Crippen LogP contribution is -3.00. The van der Waals surface area contributed by atoms with Crippen molar-refractivity contribution >= 4 is 7.26 Å². The Hall–Kier alpha value is 0.460. The van der Waals surface area contributed by atoms with E-state index in [1.165, 1.54) is 6.16 Å². The molecule has 0 saturated carbocycles. The van der Waals surface area contributed by atoms with Gasteiger partial charge in [0.05, 0.1) is 6.16 Å². The minimum atomic E-state index is -0.534. The first-order chi connectivity index (χ1) is 3.06. The van der Waals surface area contributed by atoms with Crippen molar-refractivity contribution in [1.29, 1.82) is 0 Å². The maximum absolute atomic E-state index is 3.67. The van der Waals surface area contributed by atoms with Crippen molar-refractivity contribution in [2.75, 3.05) is 26.2 Å². The molecular weight excluding hydrogens is 138 g/mol. The summed E-state index contributed by atoms with van der Waals surface area (Å²) in [5.74, 6) is 0. The Morgan fingerprint density at radius 2 is 1.75 bits per heavy atom. The van der Waals surface area contributed by atoms with E-state index >= 15 is 0 Å². The summed E-state index contributed by atoms with van der Waals surface area (Å²) in [5.41, 5.74) is 0.